The Morgan fingerprint density at radius 1 is 1.39 bits per heavy atom. The molecule has 0 saturated heterocycles. The molecule has 1 unspecified atom stereocenters. The zero-order chi connectivity index (χ0) is 17.4. The van der Waals surface area contributed by atoms with E-state index < -0.39 is 0 Å². The van der Waals surface area contributed by atoms with Crippen LogP contribution in [0.4, 0.5) is 5.82 Å². The highest BCUT2D eigenvalue weighted by Gasteiger charge is 2.23. The molecule has 2 rings (SSSR count). The van der Waals surface area contributed by atoms with Crippen molar-refractivity contribution in [2.45, 2.75) is 39.6 Å². The van der Waals surface area contributed by atoms with Gasteiger partial charge in [-0.2, -0.15) is 0 Å². The van der Waals surface area contributed by atoms with E-state index in [2.05, 4.69) is 57.7 Å². The Labute approximate surface area is 143 Å². The van der Waals surface area contributed by atoms with Crippen molar-refractivity contribution < 1.29 is 0 Å². The zero-order valence-corrected chi connectivity index (χ0v) is 15.8. The summed E-state index contributed by atoms with van der Waals surface area (Å²) in [5, 5.41) is 3.79. The number of rotatable bonds is 5. The summed E-state index contributed by atoms with van der Waals surface area (Å²) in [5.41, 5.74) is 0.893. The Bertz CT molecular complexity index is 678. The van der Waals surface area contributed by atoms with Crippen molar-refractivity contribution in [3.63, 3.8) is 0 Å². The van der Waals surface area contributed by atoms with Crippen LogP contribution in [0.5, 0.6) is 0 Å². The van der Waals surface area contributed by atoms with E-state index in [1.165, 1.54) is 4.91 Å². The molecule has 0 aromatic carbocycles. The molecule has 0 spiro atoms. The summed E-state index contributed by atoms with van der Waals surface area (Å²) in [7, 11) is 3.89. The van der Waals surface area contributed by atoms with Crippen LogP contribution in [0.2, 0.25) is 0 Å². The summed E-state index contributed by atoms with van der Waals surface area (Å²) in [6, 6.07) is 0. The number of nitrogens with one attached hydrogen (secondary N) is 1. The number of nitrogens with zero attached hydrogens (tertiary/aromatic N) is 3. The van der Waals surface area contributed by atoms with E-state index >= 15 is 0 Å². The second kappa shape index (κ2) is 6.51. The third-order valence-electron chi connectivity index (χ3n) is 3.82. The Balaban J connectivity index is 2.24. The lowest BCUT2D eigenvalue weighted by Gasteiger charge is -2.21. The van der Waals surface area contributed by atoms with E-state index in [9.17, 15) is 4.79 Å². The molecule has 2 heterocycles. The van der Waals surface area contributed by atoms with E-state index in [0.717, 1.165) is 18.1 Å². The van der Waals surface area contributed by atoms with Crippen LogP contribution >= 0.6 is 11.8 Å². The first-order valence-corrected chi connectivity index (χ1v) is 8.75. The van der Waals surface area contributed by atoms with E-state index in [0.29, 0.717) is 11.9 Å². The molecular formula is C17H28N4OS. The summed E-state index contributed by atoms with van der Waals surface area (Å²) in [6.07, 6.45) is 3.92. The Morgan fingerprint density at radius 3 is 2.52 bits per heavy atom. The van der Waals surface area contributed by atoms with Crippen LogP contribution in [0.15, 0.2) is 22.5 Å². The normalized spacial score (nSPS) is 18.3. The van der Waals surface area contributed by atoms with E-state index in [4.69, 9.17) is 0 Å². The maximum absolute atomic E-state index is 12.6. The topological polar surface area (TPSA) is 42.2 Å². The molecule has 0 bridgehead atoms. The second-order valence-electron chi connectivity index (χ2n) is 7.28. The molecule has 0 aliphatic carbocycles. The van der Waals surface area contributed by atoms with Gasteiger partial charge in [-0.05, 0) is 23.3 Å². The maximum Gasteiger partial charge on any atom is 0.330 e. The van der Waals surface area contributed by atoms with Crippen LogP contribution < -0.4 is 11.0 Å². The molecule has 1 atom stereocenters. The predicted molar refractivity (Wildman–Crippen MR) is 101 cm³/mol. The highest BCUT2D eigenvalue weighted by Crippen LogP contribution is 2.31. The fourth-order valence-corrected chi connectivity index (χ4v) is 3.84. The van der Waals surface area contributed by atoms with Crippen molar-refractivity contribution in [2.75, 3.05) is 18.9 Å². The maximum atomic E-state index is 12.6. The molecule has 0 amide bonds. The quantitative estimate of drug-likeness (QED) is 0.897. The highest BCUT2D eigenvalue weighted by molar-refractivity contribution is 8.03. The number of anilines is 1. The fourth-order valence-electron chi connectivity index (χ4n) is 2.79. The zero-order valence-electron chi connectivity index (χ0n) is 15.0. The van der Waals surface area contributed by atoms with Gasteiger partial charge in [0.05, 0.1) is 11.1 Å². The summed E-state index contributed by atoms with van der Waals surface area (Å²) < 4.78 is 3.49. The van der Waals surface area contributed by atoms with Crippen LogP contribution in [-0.4, -0.2) is 33.0 Å². The number of hydrogen-bond acceptors (Lipinski definition) is 4. The molecule has 6 heteroatoms. The molecule has 1 aromatic heterocycles. The van der Waals surface area contributed by atoms with Gasteiger partial charge in [0.2, 0.25) is 0 Å². The SMILES string of the molecule is C=Cc1c(NCC2SC(C)=CN2C)n(C)c(=O)n1CC(C)(C)C. The minimum atomic E-state index is -0.000870. The molecule has 1 N–H and O–H groups in total. The third kappa shape index (κ3) is 3.86. The number of thioether (sulfide) groups is 1. The first kappa shape index (κ1) is 17.8. The third-order valence-corrected chi connectivity index (χ3v) is 5.07. The van der Waals surface area contributed by atoms with Crippen molar-refractivity contribution in [3.05, 3.63) is 33.9 Å². The Morgan fingerprint density at radius 2 is 2.04 bits per heavy atom. The first-order valence-electron chi connectivity index (χ1n) is 7.87. The average molecular weight is 337 g/mol. The van der Waals surface area contributed by atoms with Crippen LogP contribution in [0.1, 0.15) is 33.4 Å². The van der Waals surface area contributed by atoms with E-state index in [1.807, 2.05) is 23.4 Å². The first-order chi connectivity index (χ1) is 10.6. The fraction of sp³-hybridized carbons (Fsp3) is 0.588. The molecule has 23 heavy (non-hydrogen) atoms. The van der Waals surface area contributed by atoms with Crippen LogP contribution in [0.3, 0.4) is 0 Å². The molecule has 0 fully saturated rings. The van der Waals surface area contributed by atoms with Crippen molar-refractivity contribution in [1.29, 1.82) is 0 Å². The number of allylic oxidation sites excluding steroid dienone is 1. The Hall–Kier alpha value is -1.56. The lowest BCUT2D eigenvalue weighted by Crippen LogP contribution is -2.29. The van der Waals surface area contributed by atoms with Gasteiger partial charge in [-0.1, -0.05) is 27.4 Å². The van der Waals surface area contributed by atoms with Gasteiger partial charge in [0, 0.05) is 33.4 Å². The summed E-state index contributed by atoms with van der Waals surface area (Å²) in [6.45, 7) is 13.8. The average Bonchev–Trinajstić information content (AvgIpc) is 2.86. The molecule has 1 aliphatic rings. The van der Waals surface area contributed by atoms with Gasteiger partial charge in [-0.3, -0.25) is 9.13 Å². The summed E-state index contributed by atoms with van der Waals surface area (Å²) >= 11 is 1.84. The largest absolute Gasteiger partial charge is 0.367 e. The van der Waals surface area contributed by atoms with Crippen molar-refractivity contribution in [3.8, 4) is 0 Å². The van der Waals surface area contributed by atoms with E-state index in [-0.39, 0.29) is 11.1 Å². The molecule has 1 aromatic rings. The van der Waals surface area contributed by atoms with Crippen LogP contribution in [0.25, 0.3) is 6.08 Å². The number of hydrogen-bond donors (Lipinski definition) is 1. The van der Waals surface area contributed by atoms with E-state index in [1.54, 1.807) is 10.6 Å². The Kier molecular flexibility index (Phi) is 5.04. The minimum Gasteiger partial charge on any atom is -0.367 e. The number of likely N-dealkylation sites (N-methyl/N-ethyl adjacent to an activating group) is 1. The van der Waals surface area contributed by atoms with Gasteiger partial charge in [-0.25, -0.2) is 4.79 Å². The lowest BCUT2D eigenvalue weighted by atomic mass is 9.97. The van der Waals surface area contributed by atoms with Gasteiger partial charge in [0.1, 0.15) is 5.82 Å². The van der Waals surface area contributed by atoms with Crippen molar-refractivity contribution >= 4 is 23.7 Å². The standard InChI is InChI=1S/C17H28N4OS/c1-8-13-15(18-9-14-19(6)10-12(2)23-14)20(7)16(22)21(13)11-17(3,4)5/h8,10,14,18H,1,9,11H2,2-7H3. The van der Waals surface area contributed by atoms with Gasteiger partial charge in [0.25, 0.3) is 0 Å². The number of imidazole rings is 1. The number of aromatic nitrogens is 2. The summed E-state index contributed by atoms with van der Waals surface area (Å²) in [5.74, 6) is 0.841. The molecule has 0 saturated carbocycles. The molecular weight excluding hydrogens is 308 g/mol. The van der Waals surface area contributed by atoms with Gasteiger partial charge in [-0.15, -0.1) is 11.8 Å². The van der Waals surface area contributed by atoms with Crippen molar-refractivity contribution in [2.24, 2.45) is 12.5 Å². The van der Waals surface area contributed by atoms with Gasteiger partial charge >= 0.3 is 5.69 Å². The lowest BCUT2D eigenvalue weighted by molar-refractivity contribution is 0.336. The monoisotopic (exact) mass is 336 g/mol. The van der Waals surface area contributed by atoms with Crippen LogP contribution in [0, 0.1) is 5.41 Å². The van der Waals surface area contributed by atoms with Gasteiger partial charge in [0.15, 0.2) is 0 Å². The summed E-state index contributed by atoms with van der Waals surface area (Å²) in [4.78, 5) is 16.1. The highest BCUT2D eigenvalue weighted by atomic mass is 32.2. The van der Waals surface area contributed by atoms with Crippen molar-refractivity contribution in [1.82, 2.24) is 14.0 Å². The molecule has 5 nitrogen and oxygen atoms in total. The molecule has 128 valence electrons. The second-order valence-corrected chi connectivity index (χ2v) is 8.71. The molecule has 0 radical (unpaired) electrons. The predicted octanol–water partition coefficient (Wildman–Crippen LogP) is 3.15. The smallest absolute Gasteiger partial charge is 0.330 e. The minimum absolute atomic E-state index is 0.000870. The van der Waals surface area contributed by atoms with Gasteiger partial charge < -0.3 is 10.2 Å². The molecule has 1 aliphatic heterocycles. The van der Waals surface area contributed by atoms with Crippen LogP contribution in [-0.2, 0) is 13.6 Å².